The Bertz CT molecular complexity index is 1380. The highest BCUT2D eigenvalue weighted by atomic mass is 32.2. The van der Waals surface area contributed by atoms with Gasteiger partial charge >= 0.3 is 0 Å². The molecule has 30 heavy (non-hydrogen) atoms. The van der Waals surface area contributed by atoms with E-state index in [2.05, 4.69) is 13.2 Å². The average molecular weight is 435 g/mol. The van der Waals surface area contributed by atoms with Crippen LogP contribution in [0, 0.1) is 0 Å². The molecule has 2 heterocycles. The van der Waals surface area contributed by atoms with Gasteiger partial charge in [0, 0.05) is 22.3 Å². The second-order valence-electron chi connectivity index (χ2n) is 7.35. The van der Waals surface area contributed by atoms with Gasteiger partial charge in [0.15, 0.2) is 0 Å². The van der Waals surface area contributed by atoms with Crippen LogP contribution in [0.5, 0.6) is 0 Å². The Balaban J connectivity index is 2.10. The van der Waals surface area contributed by atoms with Crippen LogP contribution in [0.3, 0.4) is 0 Å². The molecule has 0 spiro atoms. The first-order valence-corrected chi connectivity index (χ1v) is 12.4. The second-order valence-corrected chi connectivity index (χ2v) is 11.1. The molecule has 0 saturated heterocycles. The quantitative estimate of drug-likeness (QED) is 0.382. The lowest BCUT2D eigenvalue weighted by atomic mass is 9.88. The third kappa shape index (κ3) is 2.20. The topological polar surface area (TPSA) is 68.3 Å². The van der Waals surface area contributed by atoms with Gasteiger partial charge in [-0.05, 0) is 36.1 Å². The highest BCUT2D eigenvalue weighted by Crippen LogP contribution is 2.56. The van der Waals surface area contributed by atoms with E-state index in [1.807, 2.05) is 0 Å². The summed E-state index contributed by atoms with van der Waals surface area (Å²) in [6.45, 7) is 7.59. The minimum atomic E-state index is -3.80. The van der Waals surface area contributed by atoms with Crippen LogP contribution in [-0.2, 0) is 32.5 Å². The molecule has 2 aliphatic heterocycles. The first kappa shape index (κ1) is 19.0. The van der Waals surface area contributed by atoms with E-state index >= 15 is 0 Å². The van der Waals surface area contributed by atoms with Crippen molar-refractivity contribution in [3.8, 4) is 22.3 Å². The molecule has 5 rings (SSSR count). The van der Waals surface area contributed by atoms with Crippen LogP contribution >= 0.6 is 0 Å². The summed E-state index contributed by atoms with van der Waals surface area (Å²) in [5.41, 5.74) is 3.04. The highest BCUT2D eigenvalue weighted by Gasteiger charge is 2.45. The summed E-state index contributed by atoms with van der Waals surface area (Å²) in [6, 6.07) is 13.5. The molecule has 0 amide bonds. The molecule has 0 saturated carbocycles. The standard InChI is InChI=1S/C24H18O4S2/c1-3-9-17-21-15-11-5-7-13-19(15)30(27,28)24(21)18(10-4-2)22-16-12-6-8-14-20(16)29(25,26)23(17)22/h3-8,11-14H,1-2,9-10H2. The van der Waals surface area contributed by atoms with E-state index in [0.717, 1.165) is 0 Å². The van der Waals surface area contributed by atoms with Crippen LogP contribution < -0.4 is 0 Å². The molecule has 0 fully saturated rings. The van der Waals surface area contributed by atoms with Crippen LogP contribution in [0.15, 0.2) is 93.4 Å². The summed E-state index contributed by atoms with van der Waals surface area (Å²) < 4.78 is 54.4. The smallest absolute Gasteiger partial charge is 0.208 e. The number of benzene rings is 3. The third-order valence-electron chi connectivity index (χ3n) is 5.73. The summed E-state index contributed by atoms with van der Waals surface area (Å²) in [5, 5.41) is 0. The second kappa shape index (κ2) is 6.27. The SMILES string of the molecule is C=CCc1c2c(c(CC=C)c3c1S(=O)(=O)c1ccccc1-3)S(=O)(=O)c1ccccc1-2. The molecule has 0 aliphatic carbocycles. The number of hydrogen-bond acceptors (Lipinski definition) is 4. The molecule has 0 unspecified atom stereocenters. The normalized spacial score (nSPS) is 16.3. The van der Waals surface area contributed by atoms with Gasteiger partial charge in [0.05, 0.1) is 19.6 Å². The molecule has 0 atom stereocenters. The Morgan fingerprint density at radius 1 is 0.633 bits per heavy atom. The van der Waals surface area contributed by atoms with Crippen LogP contribution in [0.2, 0.25) is 0 Å². The maximum absolute atomic E-state index is 13.6. The van der Waals surface area contributed by atoms with Crippen molar-refractivity contribution in [3.05, 3.63) is 85.0 Å². The van der Waals surface area contributed by atoms with E-state index in [0.29, 0.717) is 33.4 Å². The highest BCUT2D eigenvalue weighted by molar-refractivity contribution is 7.92. The number of rotatable bonds is 4. The molecule has 2 aliphatic rings. The lowest BCUT2D eigenvalue weighted by Crippen LogP contribution is -2.08. The Labute approximate surface area is 176 Å². The molecular weight excluding hydrogens is 416 g/mol. The molecule has 0 radical (unpaired) electrons. The first-order valence-electron chi connectivity index (χ1n) is 9.48. The lowest BCUT2D eigenvalue weighted by molar-refractivity contribution is 0.594. The van der Waals surface area contributed by atoms with Gasteiger partial charge in [-0.25, -0.2) is 16.8 Å². The van der Waals surface area contributed by atoms with Crippen molar-refractivity contribution >= 4 is 19.7 Å². The van der Waals surface area contributed by atoms with Gasteiger partial charge in [-0.1, -0.05) is 48.6 Å². The van der Waals surface area contributed by atoms with Crippen molar-refractivity contribution in [1.29, 1.82) is 0 Å². The number of allylic oxidation sites excluding steroid dienone is 2. The van der Waals surface area contributed by atoms with Crippen LogP contribution in [0.25, 0.3) is 22.3 Å². The lowest BCUT2D eigenvalue weighted by Gasteiger charge is -2.18. The van der Waals surface area contributed by atoms with E-state index in [1.165, 1.54) is 0 Å². The minimum absolute atomic E-state index is 0.200. The average Bonchev–Trinajstić information content (AvgIpc) is 3.11. The van der Waals surface area contributed by atoms with E-state index in [4.69, 9.17) is 0 Å². The molecule has 0 bridgehead atoms. The Kier molecular flexibility index (Phi) is 3.98. The largest absolute Gasteiger partial charge is 0.218 e. The van der Waals surface area contributed by atoms with Crippen molar-refractivity contribution in [2.75, 3.05) is 0 Å². The van der Waals surface area contributed by atoms with Gasteiger partial charge in [0.25, 0.3) is 0 Å². The van der Waals surface area contributed by atoms with Gasteiger partial charge in [-0.3, -0.25) is 0 Å². The number of hydrogen-bond donors (Lipinski definition) is 0. The zero-order chi connectivity index (χ0) is 21.3. The maximum Gasteiger partial charge on any atom is 0.208 e. The summed E-state index contributed by atoms with van der Waals surface area (Å²) in [4.78, 5) is 0.826. The number of sulfone groups is 2. The van der Waals surface area contributed by atoms with Crippen molar-refractivity contribution in [2.24, 2.45) is 0 Å². The van der Waals surface area contributed by atoms with E-state index < -0.39 is 19.7 Å². The maximum atomic E-state index is 13.6. The van der Waals surface area contributed by atoms with Gasteiger partial charge in [-0.2, -0.15) is 0 Å². The molecule has 6 heteroatoms. The summed E-state index contributed by atoms with van der Waals surface area (Å²) in [7, 11) is -7.59. The summed E-state index contributed by atoms with van der Waals surface area (Å²) in [5.74, 6) is 0. The van der Waals surface area contributed by atoms with Gasteiger partial charge in [0.1, 0.15) is 0 Å². The number of fused-ring (bicyclic) bond motifs is 6. The predicted octanol–water partition coefficient (Wildman–Crippen LogP) is 4.77. The minimum Gasteiger partial charge on any atom is -0.218 e. The van der Waals surface area contributed by atoms with E-state index in [1.54, 1.807) is 60.7 Å². The van der Waals surface area contributed by atoms with Gasteiger partial charge in [0.2, 0.25) is 19.7 Å². The zero-order valence-corrected chi connectivity index (χ0v) is 17.7. The molecule has 0 aromatic heterocycles. The molecule has 0 N–H and O–H groups in total. The fraction of sp³-hybridized carbons (Fsp3) is 0.0833. The Hall–Kier alpha value is -2.96. The molecule has 3 aromatic rings. The van der Waals surface area contributed by atoms with Crippen molar-refractivity contribution in [1.82, 2.24) is 0 Å². The molecule has 3 aromatic carbocycles. The fourth-order valence-corrected chi connectivity index (χ4v) is 8.58. The summed E-state index contributed by atoms with van der Waals surface area (Å²) in [6.07, 6.45) is 3.73. The van der Waals surface area contributed by atoms with Crippen LogP contribution in [-0.4, -0.2) is 16.8 Å². The first-order chi connectivity index (χ1) is 14.4. The van der Waals surface area contributed by atoms with E-state index in [9.17, 15) is 16.8 Å². The van der Waals surface area contributed by atoms with Gasteiger partial charge in [-0.15, -0.1) is 13.2 Å². The zero-order valence-electron chi connectivity index (χ0n) is 16.1. The fourth-order valence-electron chi connectivity index (χ4n) is 4.68. The van der Waals surface area contributed by atoms with Crippen molar-refractivity contribution in [2.45, 2.75) is 32.4 Å². The monoisotopic (exact) mass is 434 g/mol. The van der Waals surface area contributed by atoms with E-state index in [-0.39, 0.29) is 32.4 Å². The summed E-state index contributed by atoms with van der Waals surface area (Å²) >= 11 is 0. The molecular formula is C24H18O4S2. The van der Waals surface area contributed by atoms with Crippen LogP contribution in [0.1, 0.15) is 11.1 Å². The van der Waals surface area contributed by atoms with Crippen molar-refractivity contribution < 1.29 is 16.8 Å². The molecule has 4 nitrogen and oxygen atoms in total. The van der Waals surface area contributed by atoms with Crippen molar-refractivity contribution in [3.63, 3.8) is 0 Å². The van der Waals surface area contributed by atoms with Gasteiger partial charge < -0.3 is 0 Å². The molecule has 150 valence electrons. The van der Waals surface area contributed by atoms with Crippen LogP contribution in [0.4, 0.5) is 0 Å². The predicted molar refractivity (Wildman–Crippen MR) is 116 cm³/mol. The third-order valence-corrected chi connectivity index (χ3v) is 9.58. The Morgan fingerprint density at radius 3 is 1.37 bits per heavy atom. The Morgan fingerprint density at radius 2 is 1.00 bits per heavy atom.